The highest BCUT2D eigenvalue weighted by Crippen LogP contribution is 1.97. The lowest BCUT2D eigenvalue weighted by Crippen LogP contribution is -2.35. The Labute approximate surface area is 67.5 Å². The average Bonchev–Trinajstić information content (AvgIpc) is 1.91. The van der Waals surface area contributed by atoms with E-state index in [0.29, 0.717) is 0 Å². The van der Waals surface area contributed by atoms with Gasteiger partial charge in [0.15, 0.2) is 0 Å². The van der Waals surface area contributed by atoms with Crippen LogP contribution in [0.1, 0.15) is 0 Å². The largest absolute Gasteiger partial charge is 0.376 e. The topological polar surface area (TPSA) is 30.5 Å². The summed E-state index contributed by atoms with van der Waals surface area (Å²) in [4.78, 5) is 0. The maximum atomic E-state index is 5.33. The quantitative estimate of drug-likeness (QED) is 0.630. The first kappa shape index (κ1) is 10.2. The third-order valence-electron chi connectivity index (χ3n) is 1.32. The van der Waals surface area contributed by atoms with Crippen LogP contribution in [0.3, 0.4) is 0 Å². The van der Waals surface area contributed by atoms with Gasteiger partial charge in [0.1, 0.15) is 0 Å². The van der Waals surface area contributed by atoms with Gasteiger partial charge in [0.2, 0.25) is 0 Å². The molecule has 0 spiro atoms. The molecule has 3 nitrogen and oxygen atoms in total. The van der Waals surface area contributed by atoms with Gasteiger partial charge in [0.25, 0.3) is 0 Å². The Morgan fingerprint density at radius 3 is 2.80 bits per heavy atom. The molecule has 1 aliphatic heterocycles. The summed E-state index contributed by atoms with van der Waals surface area (Å²) in [5, 5.41) is 3.03. The number of likely N-dealkylation sites (N-methyl/N-ethyl adjacent to an activating group) is 1. The molecular weight excluding hydrogens is 154 g/mol. The van der Waals surface area contributed by atoms with E-state index in [1.54, 1.807) is 0 Å². The van der Waals surface area contributed by atoms with Gasteiger partial charge in [-0.05, 0) is 7.05 Å². The summed E-state index contributed by atoms with van der Waals surface area (Å²) in [6.07, 6.45) is 0.267. The van der Waals surface area contributed by atoms with Crippen molar-refractivity contribution in [3.05, 3.63) is 0 Å². The maximum absolute atomic E-state index is 5.33. The van der Waals surface area contributed by atoms with E-state index in [9.17, 15) is 0 Å². The second-order valence-electron chi connectivity index (χ2n) is 2.13. The molecule has 1 N–H and O–H groups in total. The van der Waals surface area contributed by atoms with E-state index in [-0.39, 0.29) is 18.5 Å². The van der Waals surface area contributed by atoms with E-state index >= 15 is 0 Å². The SMILES string of the molecule is CNC[C@H]1COCCO1.Cl. The van der Waals surface area contributed by atoms with Crippen LogP contribution in [0, 0.1) is 0 Å². The van der Waals surface area contributed by atoms with Crippen molar-refractivity contribution < 1.29 is 9.47 Å². The van der Waals surface area contributed by atoms with Crippen molar-refractivity contribution in [2.75, 3.05) is 33.4 Å². The molecule has 0 amide bonds. The number of hydrogen-bond donors (Lipinski definition) is 1. The smallest absolute Gasteiger partial charge is 0.0933 e. The number of hydrogen-bond acceptors (Lipinski definition) is 3. The monoisotopic (exact) mass is 167 g/mol. The molecule has 0 bridgehead atoms. The zero-order chi connectivity index (χ0) is 6.53. The molecule has 0 radical (unpaired) electrons. The maximum Gasteiger partial charge on any atom is 0.0933 e. The fourth-order valence-corrected chi connectivity index (χ4v) is 0.882. The number of nitrogens with one attached hydrogen (secondary N) is 1. The van der Waals surface area contributed by atoms with Crippen LogP contribution >= 0.6 is 12.4 Å². The Hall–Kier alpha value is 0.170. The van der Waals surface area contributed by atoms with Crippen LogP contribution in [0.4, 0.5) is 0 Å². The van der Waals surface area contributed by atoms with Crippen molar-refractivity contribution in [3.63, 3.8) is 0 Å². The van der Waals surface area contributed by atoms with Crippen LogP contribution in [0.5, 0.6) is 0 Å². The standard InChI is InChI=1S/C6H13NO2.ClH/c1-7-4-6-5-8-2-3-9-6;/h6-7H,2-5H2,1H3;1H/t6-;/m0./s1. The lowest BCUT2D eigenvalue weighted by Gasteiger charge is -2.22. The molecule has 0 saturated carbocycles. The highest BCUT2D eigenvalue weighted by atomic mass is 35.5. The zero-order valence-electron chi connectivity index (χ0n) is 6.13. The van der Waals surface area contributed by atoms with Gasteiger partial charge in [-0.3, -0.25) is 0 Å². The molecule has 62 valence electrons. The number of rotatable bonds is 2. The summed E-state index contributed by atoms with van der Waals surface area (Å²) in [6, 6.07) is 0. The van der Waals surface area contributed by atoms with E-state index in [0.717, 1.165) is 26.4 Å². The molecule has 1 saturated heterocycles. The molecule has 0 aliphatic carbocycles. The van der Waals surface area contributed by atoms with Gasteiger partial charge in [-0.25, -0.2) is 0 Å². The van der Waals surface area contributed by atoms with Crippen molar-refractivity contribution in [2.45, 2.75) is 6.10 Å². The van der Waals surface area contributed by atoms with E-state index in [4.69, 9.17) is 9.47 Å². The predicted octanol–water partition coefficient (Wildman–Crippen LogP) is 0.0430. The van der Waals surface area contributed by atoms with Gasteiger partial charge in [-0.1, -0.05) is 0 Å². The van der Waals surface area contributed by atoms with Gasteiger partial charge in [0, 0.05) is 6.54 Å². The van der Waals surface area contributed by atoms with Crippen molar-refractivity contribution in [2.24, 2.45) is 0 Å². The minimum absolute atomic E-state index is 0. The normalized spacial score (nSPS) is 25.5. The number of ether oxygens (including phenoxy) is 2. The summed E-state index contributed by atoms with van der Waals surface area (Å²) >= 11 is 0. The fraction of sp³-hybridized carbons (Fsp3) is 1.00. The zero-order valence-corrected chi connectivity index (χ0v) is 6.95. The summed E-state index contributed by atoms with van der Waals surface area (Å²) in [6.45, 7) is 3.12. The second kappa shape index (κ2) is 5.92. The van der Waals surface area contributed by atoms with E-state index in [2.05, 4.69) is 5.32 Å². The van der Waals surface area contributed by atoms with Crippen molar-refractivity contribution in [3.8, 4) is 0 Å². The van der Waals surface area contributed by atoms with Gasteiger partial charge in [-0.15, -0.1) is 12.4 Å². The summed E-state index contributed by atoms with van der Waals surface area (Å²) < 4.78 is 10.5. The van der Waals surface area contributed by atoms with Crippen LogP contribution < -0.4 is 5.32 Å². The first-order chi connectivity index (χ1) is 4.43. The molecule has 4 heteroatoms. The molecule has 0 unspecified atom stereocenters. The third-order valence-corrected chi connectivity index (χ3v) is 1.32. The molecule has 0 aromatic heterocycles. The molecule has 1 rings (SSSR count). The van der Waals surface area contributed by atoms with E-state index < -0.39 is 0 Å². The van der Waals surface area contributed by atoms with Crippen LogP contribution in [-0.2, 0) is 9.47 Å². The Kier molecular flexibility index (Phi) is 6.02. The molecule has 0 aromatic carbocycles. The average molecular weight is 168 g/mol. The summed E-state index contributed by atoms with van der Waals surface area (Å²) in [7, 11) is 1.91. The first-order valence-corrected chi connectivity index (χ1v) is 3.27. The molecule has 10 heavy (non-hydrogen) atoms. The molecule has 1 fully saturated rings. The Bertz CT molecular complexity index is 73.4. The Morgan fingerprint density at radius 2 is 2.30 bits per heavy atom. The van der Waals surface area contributed by atoms with Crippen LogP contribution in [0.2, 0.25) is 0 Å². The lowest BCUT2D eigenvalue weighted by atomic mass is 10.3. The van der Waals surface area contributed by atoms with E-state index in [1.165, 1.54) is 0 Å². The van der Waals surface area contributed by atoms with Crippen molar-refractivity contribution in [1.29, 1.82) is 0 Å². The van der Waals surface area contributed by atoms with Crippen LogP contribution in [0.15, 0.2) is 0 Å². The summed E-state index contributed by atoms with van der Waals surface area (Å²) in [5.41, 5.74) is 0. The molecule has 1 aliphatic rings. The van der Waals surface area contributed by atoms with Crippen molar-refractivity contribution >= 4 is 12.4 Å². The number of halogens is 1. The van der Waals surface area contributed by atoms with Gasteiger partial charge < -0.3 is 14.8 Å². The van der Waals surface area contributed by atoms with Gasteiger partial charge in [0.05, 0.1) is 25.9 Å². The highest BCUT2D eigenvalue weighted by molar-refractivity contribution is 5.85. The minimum Gasteiger partial charge on any atom is -0.376 e. The van der Waals surface area contributed by atoms with Gasteiger partial charge >= 0.3 is 0 Å². The predicted molar refractivity (Wildman–Crippen MR) is 41.7 cm³/mol. The van der Waals surface area contributed by atoms with Crippen LogP contribution in [-0.4, -0.2) is 39.5 Å². The minimum atomic E-state index is 0. The Balaban J connectivity index is 0.000000810. The fourth-order valence-electron chi connectivity index (χ4n) is 0.882. The molecule has 1 heterocycles. The molecule has 1 atom stereocenters. The van der Waals surface area contributed by atoms with Crippen LogP contribution in [0.25, 0.3) is 0 Å². The molecule has 0 aromatic rings. The summed E-state index contributed by atoms with van der Waals surface area (Å²) in [5.74, 6) is 0. The van der Waals surface area contributed by atoms with E-state index in [1.807, 2.05) is 7.05 Å². The highest BCUT2D eigenvalue weighted by Gasteiger charge is 2.11. The lowest BCUT2D eigenvalue weighted by molar-refractivity contribution is -0.0858. The first-order valence-electron chi connectivity index (χ1n) is 3.27. The molecular formula is C6H14ClNO2. The van der Waals surface area contributed by atoms with Gasteiger partial charge in [-0.2, -0.15) is 0 Å². The second-order valence-corrected chi connectivity index (χ2v) is 2.13. The van der Waals surface area contributed by atoms with Crippen molar-refractivity contribution in [1.82, 2.24) is 5.32 Å². The Morgan fingerprint density at radius 1 is 1.50 bits per heavy atom. The third kappa shape index (κ3) is 3.37.